The minimum absolute atomic E-state index is 0.0433. The van der Waals surface area contributed by atoms with Crippen LogP contribution < -0.4 is 5.32 Å². The summed E-state index contributed by atoms with van der Waals surface area (Å²) >= 11 is 0. The number of nitrogens with zero attached hydrogens (tertiary/aromatic N) is 1. The predicted octanol–water partition coefficient (Wildman–Crippen LogP) is 0.818. The molecule has 114 valence electrons. The first kappa shape index (κ1) is 14.5. The Morgan fingerprint density at radius 1 is 1.19 bits per heavy atom. The van der Waals surface area contributed by atoms with Gasteiger partial charge in [-0.1, -0.05) is 6.07 Å². The molecule has 0 aromatic heterocycles. The van der Waals surface area contributed by atoms with Crippen LogP contribution in [-0.4, -0.2) is 56.9 Å². The minimum Gasteiger partial charge on any atom is -0.377 e. The summed E-state index contributed by atoms with van der Waals surface area (Å²) in [7, 11) is 3.32. The quantitative estimate of drug-likeness (QED) is 0.895. The van der Waals surface area contributed by atoms with E-state index >= 15 is 0 Å². The van der Waals surface area contributed by atoms with Gasteiger partial charge in [-0.15, -0.1) is 0 Å². The highest BCUT2D eigenvalue weighted by molar-refractivity contribution is 5.94. The fourth-order valence-electron chi connectivity index (χ4n) is 3.16. The topological polar surface area (TPSA) is 50.8 Å². The molecule has 1 saturated heterocycles. The van der Waals surface area contributed by atoms with Crippen LogP contribution in [0.3, 0.4) is 0 Å². The third-order valence-corrected chi connectivity index (χ3v) is 4.45. The highest BCUT2D eigenvalue weighted by Crippen LogP contribution is 2.21. The summed E-state index contributed by atoms with van der Waals surface area (Å²) in [5.74, 6) is 0.0602. The molecule has 1 fully saturated rings. The van der Waals surface area contributed by atoms with Crippen LogP contribution in [0, 0.1) is 0 Å². The zero-order valence-corrected chi connectivity index (χ0v) is 12.6. The van der Waals surface area contributed by atoms with Crippen molar-refractivity contribution < 1.29 is 14.3 Å². The number of carbonyl (C=O) groups excluding carboxylic acids is 1. The Bertz CT molecular complexity index is 520. The Hall–Kier alpha value is -1.43. The standard InChI is InChI=1S/C16H22N2O3/c1-20-14-9-18(10-15(14)21-2)16(19)12-4-3-11-5-6-17-8-13(11)7-12/h3-4,7,14-15,17H,5-6,8-10H2,1-2H3. The van der Waals surface area contributed by atoms with Crippen molar-refractivity contribution in [3.8, 4) is 0 Å². The maximum atomic E-state index is 12.7. The van der Waals surface area contributed by atoms with E-state index in [9.17, 15) is 4.79 Å². The Morgan fingerprint density at radius 2 is 1.90 bits per heavy atom. The molecule has 0 radical (unpaired) electrons. The second-order valence-electron chi connectivity index (χ2n) is 5.67. The molecule has 21 heavy (non-hydrogen) atoms. The maximum absolute atomic E-state index is 12.7. The van der Waals surface area contributed by atoms with E-state index in [1.165, 1.54) is 11.1 Å². The molecule has 0 bridgehead atoms. The first-order valence-corrected chi connectivity index (χ1v) is 7.40. The maximum Gasteiger partial charge on any atom is 0.254 e. The van der Waals surface area contributed by atoms with Crippen molar-refractivity contribution >= 4 is 5.91 Å². The molecule has 0 saturated carbocycles. The summed E-state index contributed by atoms with van der Waals surface area (Å²) in [5.41, 5.74) is 3.33. The van der Waals surface area contributed by atoms with Gasteiger partial charge in [0.15, 0.2) is 0 Å². The van der Waals surface area contributed by atoms with Gasteiger partial charge in [0.05, 0.1) is 0 Å². The number of hydrogen-bond acceptors (Lipinski definition) is 4. The number of benzene rings is 1. The number of nitrogens with one attached hydrogen (secondary N) is 1. The summed E-state index contributed by atoms with van der Waals surface area (Å²) < 4.78 is 10.8. The van der Waals surface area contributed by atoms with Crippen molar-refractivity contribution in [2.75, 3.05) is 33.9 Å². The van der Waals surface area contributed by atoms with Crippen LogP contribution in [0.2, 0.25) is 0 Å². The van der Waals surface area contributed by atoms with Crippen LogP contribution in [0.4, 0.5) is 0 Å². The lowest BCUT2D eigenvalue weighted by Crippen LogP contribution is -2.31. The highest BCUT2D eigenvalue weighted by Gasteiger charge is 2.35. The van der Waals surface area contributed by atoms with Crippen molar-refractivity contribution in [3.63, 3.8) is 0 Å². The Morgan fingerprint density at radius 3 is 2.57 bits per heavy atom. The molecule has 2 heterocycles. The second-order valence-corrected chi connectivity index (χ2v) is 5.67. The third-order valence-electron chi connectivity index (χ3n) is 4.45. The number of hydrogen-bond donors (Lipinski definition) is 1. The molecule has 3 rings (SSSR count). The van der Waals surface area contributed by atoms with Crippen LogP contribution in [0.15, 0.2) is 18.2 Å². The molecule has 2 aliphatic rings. The van der Waals surface area contributed by atoms with Gasteiger partial charge in [0.25, 0.3) is 5.91 Å². The lowest BCUT2D eigenvalue weighted by molar-refractivity contribution is -0.00461. The normalized spacial score (nSPS) is 25.0. The van der Waals surface area contributed by atoms with Crippen LogP contribution in [0.25, 0.3) is 0 Å². The Kier molecular flexibility index (Phi) is 4.24. The molecular formula is C16H22N2O3. The number of amides is 1. The van der Waals surface area contributed by atoms with Gasteiger partial charge in [-0.3, -0.25) is 4.79 Å². The van der Waals surface area contributed by atoms with E-state index in [2.05, 4.69) is 11.4 Å². The van der Waals surface area contributed by atoms with Gasteiger partial charge in [0.1, 0.15) is 12.2 Å². The molecule has 0 spiro atoms. The molecule has 5 heteroatoms. The van der Waals surface area contributed by atoms with Gasteiger partial charge in [-0.05, 0) is 36.2 Å². The summed E-state index contributed by atoms with van der Waals surface area (Å²) in [6.07, 6.45) is 0.946. The third kappa shape index (κ3) is 2.81. The predicted molar refractivity (Wildman–Crippen MR) is 79.4 cm³/mol. The van der Waals surface area contributed by atoms with E-state index in [0.29, 0.717) is 13.1 Å². The minimum atomic E-state index is -0.0433. The molecular weight excluding hydrogens is 268 g/mol. The van der Waals surface area contributed by atoms with Crippen molar-refractivity contribution in [1.29, 1.82) is 0 Å². The number of fused-ring (bicyclic) bond motifs is 1. The first-order chi connectivity index (χ1) is 10.2. The van der Waals surface area contributed by atoms with Crippen molar-refractivity contribution in [2.24, 2.45) is 0 Å². The van der Waals surface area contributed by atoms with Crippen molar-refractivity contribution in [2.45, 2.75) is 25.2 Å². The van der Waals surface area contributed by atoms with Crippen molar-refractivity contribution in [3.05, 3.63) is 34.9 Å². The summed E-state index contributed by atoms with van der Waals surface area (Å²) in [5, 5.41) is 3.34. The molecule has 5 nitrogen and oxygen atoms in total. The van der Waals surface area contributed by atoms with Crippen molar-refractivity contribution in [1.82, 2.24) is 10.2 Å². The monoisotopic (exact) mass is 290 g/mol. The van der Waals surface area contributed by atoms with Gasteiger partial charge < -0.3 is 19.7 Å². The number of carbonyl (C=O) groups is 1. The average molecular weight is 290 g/mol. The first-order valence-electron chi connectivity index (χ1n) is 7.40. The van der Waals surface area contributed by atoms with Crippen LogP contribution in [0.1, 0.15) is 21.5 Å². The fraction of sp³-hybridized carbons (Fsp3) is 0.562. The summed E-state index contributed by atoms with van der Waals surface area (Å²) in [6.45, 7) is 3.03. The number of methoxy groups -OCH3 is 2. The molecule has 2 aliphatic heterocycles. The molecule has 1 aromatic rings. The molecule has 1 aromatic carbocycles. The SMILES string of the molecule is COC1CN(C(=O)c2ccc3c(c2)CNCC3)CC1OC. The second kappa shape index (κ2) is 6.13. The van der Waals surface area contributed by atoms with E-state index in [0.717, 1.165) is 25.1 Å². The smallest absolute Gasteiger partial charge is 0.254 e. The Balaban J connectivity index is 1.76. The zero-order valence-electron chi connectivity index (χ0n) is 12.6. The van der Waals surface area contributed by atoms with Crippen LogP contribution >= 0.6 is 0 Å². The fourth-order valence-corrected chi connectivity index (χ4v) is 3.16. The molecule has 2 unspecified atom stereocenters. The number of rotatable bonds is 3. The number of ether oxygens (including phenoxy) is 2. The molecule has 2 atom stereocenters. The molecule has 0 aliphatic carbocycles. The summed E-state index contributed by atoms with van der Waals surface area (Å²) in [6, 6.07) is 6.04. The van der Waals surface area contributed by atoms with E-state index in [1.807, 2.05) is 17.0 Å². The molecule has 1 N–H and O–H groups in total. The van der Waals surface area contributed by atoms with E-state index in [1.54, 1.807) is 14.2 Å². The zero-order chi connectivity index (χ0) is 14.8. The summed E-state index contributed by atoms with van der Waals surface area (Å²) in [4.78, 5) is 14.5. The average Bonchev–Trinajstić information content (AvgIpc) is 2.97. The van der Waals surface area contributed by atoms with Gasteiger partial charge in [-0.2, -0.15) is 0 Å². The Labute approximate surface area is 125 Å². The van der Waals surface area contributed by atoms with Gasteiger partial charge in [0.2, 0.25) is 0 Å². The van der Waals surface area contributed by atoms with E-state index in [-0.39, 0.29) is 18.1 Å². The van der Waals surface area contributed by atoms with E-state index in [4.69, 9.17) is 9.47 Å². The number of likely N-dealkylation sites (tertiary alicyclic amines) is 1. The van der Waals surface area contributed by atoms with E-state index < -0.39 is 0 Å². The van der Waals surface area contributed by atoms with Crippen LogP contribution in [0.5, 0.6) is 0 Å². The largest absolute Gasteiger partial charge is 0.377 e. The molecule has 1 amide bonds. The van der Waals surface area contributed by atoms with Gasteiger partial charge >= 0.3 is 0 Å². The highest BCUT2D eigenvalue weighted by atomic mass is 16.5. The van der Waals surface area contributed by atoms with Gasteiger partial charge in [0, 0.05) is 39.4 Å². The van der Waals surface area contributed by atoms with Gasteiger partial charge in [-0.25, -0.2) is 0 Å². The lowest BCUT2D eigenvalue weighted by Gasteiger charge is -2.20. The van der Waals surface area contributed by atoms with Crippen LogP contribution in [-0.2, 0) is 22.4 Å². The lowest BCUT2D eigenvalue weighted by atomic mass is 9.98.